The van der Waals surface area contributed by atoms with Gasteiger partial charge in [-0.2, -0.15) is 0 Å². The first-order valence-electron chi connectivity index (χ1n) is 8.03. The standard InChI is InChI=1S/C12H22O11.C2H6OS/c13-1-4-6(16)8(18)9(19)11(21-4)23-12(3-15)10(20)7(17)5(2-14)22-12;1-4(2)3/h4-11,13-20H,1-3H2;1-2H3/t4-,5-,6-,7-,8+,9-,10+,11-,12+;/m1./s1. The lowest BCUT2D eigenvalue weighted by atomic mass is 9.99. The number of hydrogen-bond donors (Lipinski definition) is 8. The minimum absolute atomic E-state index is 0.611. The molecule has 0 aromatic rings. The highest BCUT2D eigenvalue weighted by molar-refractivity contribution is 7.83. The van der Waals surface area contributed by atoms with Gasteiger partial charge < -0.3 is 55.1 Å². The summed E-state index contributed by atoms with van der Waals surface area (Å²) in [6, 6.07) is 0. The molecule has 0 spiro atoms. The average molecular weight is 420 g/mol. The highest BCUT2D eigenvalue weighted by atomic mass is 32.2. The predicted octanol–water partition coefficient (Wildman–Crippen LogP) is -5.40. The molecular weight excluding hydrogens is 392 g/mol. The van der Waals surface area contributed by atoms with Gasteiger partial charge >= 0.3 is 0 Å². The smallest absolute Gasteiger partial charge is 0.224 e. The highest BCUT2D eigenvalue weighted by Crippen LogP contribution is 2.35. The van der Waals surface area contributed by atoms with Crippen LogP contribution in [0.25, 0.3) is 0 Å². The highest BCUT2D eigenvalue weighted by Gasteiger charge is 2.58. The molecule has 2 heterocycles. The van der Waals surface area contributed by atoms with E-state index in [0.717, 1.165) is 0 Å². The summed E-state index contributed by atoms with van der Waals surface area (Å²) >= 11 is 0. The summed E-state index contributed by atoms with van der Waals surface area (Å²) in [6.07, 6.45) is -9.37. The largest absolute Gasteiger partial charge is 0.394 e. The maximum Gasteiger partial charge on any atom is 0.224 e. The second kappa shape index (κ2) is 10.5. The Kier molecular flexibility index (Phi) is 9.60. The third kappa shape index (κ3) is 5.62. The normalized spacial score (nSPS) is 44.9. The number of hydrogen-bond acceptors (Lipinski definition) is 12. The zero-order chi connectivity index (χ0) is 20.9. The second-order valence-corrected chi connectivity index (χ2v) is 7.78. The molecule has 0 amide bonds. The van der Waals surface area contributed by atoms with Gasteiger partial charge in [0.05, 0.1) is 13.2 Å². The van der Waals surface area contributed by atoms with Crippen molar-refractivity contribution in [2.45, 2.75) is 54.8 Å². The van der Waals surface area contributed by atoms with Gasteiger partial charge in [-0.25, -0.2) is 0 Å². The predicted molar refractivity (Wildman–Crippen MR) is 88.6 cm³/mol. The van der Waals surface area contributed by atoms with E-state index in [1.807, 2.05) is 0 Å². The Morgan fingerprint density at radius 2 is 1.41 bits per heavy atom. The molecule has 2 rings (SSSR count). The van der Waals surface area contributed by atoms with E-state index in [2.05, 4.69) is 0 Å². The summed E-state index contributed by atoms with van der Waals surface area (Å²) in [7, 11) is -0.611. The molecule has 2 fully saturated rings. The fourth-order valence-corrected chi connectivity index (χ4v) is 2.63. The molecule has 0 aromatic heterocycles. The van der Waals surface area contributed by atoms with Crippen molar-refractivity contribution in [2.75, 3.05) is 32.3 Å². The summed E-state index contributed by atoms with van der Waals surface area (Å²) < 4.78 is 25.0. The SMILES string of the molecule is CS(C)=O.OC[C@H]1O[C@@](CO)(O[C@H]2O[C@H](CO)[C@@H](O)[C@H](O)[C@H]2O)[C@@H](O)[C@@H]1O. The van der Waals surface area contributed by atoms with Gasteiger partial charge in [0.15, 0.2) is 6.29 Å². The molecule has 0 saturated carbocycles. The van der Waals surface area contributed by atoms with E-state index in [-0.39, 0.29) is 0 Å². The summed E-state index contributed by atoms with van der Waals surface area (Å²) in [5.74, 6) is -2.22. The van der Waals surface area contributed by atoms with Gasteiger partial charge in [0.1, 0.15) is 49.3 Å². The van der Waals surface area contributed by atoms with E-state index in [4.69, 9.17) is 24.4 Å². The van der Waals surface area contributed by atoms with Crippen molar-refractivity contribution in [3.63, 3.8) is 0 Å². The molecule has 0 aromatic carbocycles. The van der Waals surface area contributed by atoms with E-state index < -0.39 is 85.4 Å². The zero-order valence-corrected chi connectivity index (χ0v) is 15.7. The topological polar surface area (TPSA) is 207 Å². The zero-order valence-electron chi connectivity index (χ0n) is 14.9. The molecule has 0 aliphatic carbocycles. The molecule has 0 bridgehead atoms. The van der Waals surface area contributed by atoms with E-state index in [9.17, 15) is 34.8 Å². The van der Waals surface area contributed by atoms with Crippen LogP contribution >= 0.6 is 0 Å². The lowest BCUT2D eigenvalue weighted by Gasteiger charge is -2.43. The molecule has 0 unspecified atom stereocenters. The number of aliphatic hydroxyl groups excluding tert-OH is 8. The molecular formula is C14H28O12S. The van der Waals surface area contributed by atoms with Gasteiger partial charge in [-0.05, 0) is 0 Å². The molecule has 8 N–H and O–H groups in total. The molecule has 2 aliphatic heterocycles. The van der Waals surface area contributed by atoms with Crippen molar-refractivity contribution in [1.82, 2.24) is 0 Å². The molecule has 12 nitrogen and oxygen atoms in total. The minimum atomic E-state index is -2.22. The van der Waals surface area contributed by atoms with Crippen LogP contribution in [0.15, 0.2) is 0 Å². The number of rotatable bonds is 5. The number of ether oxygens (including phenoxy) is 3. The van der Waals surface area contributed by atoms with Crippen LogP contribution in [0, 0.1) is 0 Å². The van der Waals surface area contributed by atoms with Gasteiger partial charge in [0.25, 0.3) is 0 Å². The van der Waals surface area contributed by atoms with Gasteiger partial charge in [0, 0.05) is 23.3 Å². The Balaban J connectivity index is 0.000000828. The summed E-state index contributed by atoms with van der Waals surface area (Å²) in [5, 5.41) is 76.7. The summed E-state index contributed by atoms with van der Waals surface area (Å²) in [6.45, 7) is -2.32. The average Bonchev–Trinajstić information content (AvgIpc) is 2.86. The maximum atomic E-state index is 10.00. The molecule has 27 heavy (non-hydrogen) atoms. The number of aliphatic hydroxyl groups is 8. The molecule has 9 atom stereocenters. The Morgan fingerprint density at radius 1 is 0.889 bits per heavy atom. The first kappa shape index (κ1) is 24.7. The molecule has 13 heteroatoms. The van der Waals surface area contributed by atoms with Crippen molar-refractivity contribution in [3.05, 3.63) is 0 Å². The van der Waals surface area contributed by atoms with Crippen molar-refractivity contribution in [2.24, 2.45) is 0 Å². The van der Waals surface area contributed by atoms with Gasteiger partial charge in [0.2, 0.25) is 5.79 Å². The van der Waals surface area contributed by atoms with Crippen LogP contribution in [0.2, 0.25) is 0 Å². The third-order valence-electron chi connectivity index (χ3n) is 4.07. The summed E-state index contributed by atoms with van der Waals surface area (Å²) in [5.41, 5.74) is 0. The maximum absolute atomic E-state index is 10.00. The lowest BCUT2D eigenvalue weighted by molar-refractivity contribution is -0.383. The van der Waals surface area contributed by atoms with Crippen LogP contribution in [-0.2, 0) is 25.0 Å². The van der Waals surface area contributed by atoms with Crippen molar-refractivity contribution in [1.29, 1.82) is 0 Å². The van der Waals surface area contributed by atoms with E-state index in [1.165, 1.54) is 0 Å². The fourth-order valence-electron chi connectivity index (χ4n) is 2.63. The van der Waals surface area contributed by atoms with Crippen LogP contribution < -0.4 is 0 Å². The first-order valence-corrected chi connectivity index (χ1v) is 10.00. The van der Waals surface area contributed by atoms with Crippen LogP contribution in [0.5, 0.6) is 0 Å². The third-order valence-corrected chi connectivity index (χ3v) is 4.07. The molecule has 2 aliphatic rings. The van der Waals surface area contributed by atoms with Crippen LogP contribution in [0.1, 0.15) is 0 Å². The monoisotopic (exact) mass is 420 g/mol. The van der Waals surface area contributed by atoms with Crippen LogP contribution in [0.3, 0.4) is 0 Å². The molecule has 2 saturated heterocycles. The Bertz CT molecular complexity index is 475. The first-order chi connectivity index (χ1) is 12.5. The van der Waals surface area contributed by atoms with Crippen LogP contribution in [-0.4, -0.2) is 132 Å². The lowest BCUT2D eigenvalue weighted by Crippen LogP contribution is -2.62. The quantitative estimate of drug-likeness (QED) is 0.210. The van der Waals surface area contributed by atoms with Crippen LogP contribution in [0.4, 0.5) is 0 Å². The Hall–Kier alpha value is -0.290. The Labute approximate surface area is 158 Å². The van der Waals surface area contributed by atoms with Crippen molar-refractivity contribution in [3.8, 4) is 0 Å². The minimum Gasteiger partial charge on any atom is -0.394 e. The van der Waals surface area contributed by atoms with Gasteiger partial charge in [-0.15, -0.1) is 0 Å². The Morgan fingerprint density at radius 3 is 1.81 bits per heavy atom. The fraction of sp³-hybridized carbons (Fsp3) is 1.00. The van der Waals surface area contributed by atoms with Gasteiger partial charge in [-0.1, -0.05) is 0 Å². The second-order valence-electron chi connectivity index (χ2n) is 6.30. The van der Waals surface area contributed by atoms with E-state index >= 15 is 0 Å². The molecule has 162 valence electrons. The van der Waals surface area contributed by atoms with Gasteiger partial charge in [-0.3, -0.25) is 4.21 Å². The van der Waals surface area contributed by atoms with Crippen molar-refractivity contribution >= 4 is 10.8 Å². The van der Waals surface area contributed by atoms with Crippen molar-refractivity contribution < 1.29 is 59.3 Å². The molecule has 0 radical (unpaired) electrons. The van der Waals surface area contributed by atoms with E-state index in [0.29, 0.717) is 0 Å². The summed E-state index contributed by atoms with van der Waals surface area (Å²) in [4.78, 5) is 0. The van der Waals surface area contributed by atoms with E-state index in [1.54, 1.807) is 12.5 Å².